The van der Waals surface area contributed by atoms with Crippen LogP contribution >= 0.6 is 0 Å². The van der Waals surface area contributed by atoms with Gasteiger partial charge in [0.05, 0.1) is 5.54 Å². The molecule has 0 heterocycles. The summed E-state index contributed by atoms with van der Waals surface area (Å²) in [7, 11) is 0. The molecule has 2 aromatic rings. The fourth-order valence-corrected chi connectivity index (χ4v) is 2.81. The van der Waals surface area contributed by atoms with Gasteiger partial charge in [-0.2, -0.15) is 0 Å². The Balaban J connectivity index is 1.73. The van der Waals surface area contributed by atoms with Gasteiger partial charge < -0.3 is 14.8 Å². The predicted octanol–water partition coefficient (Wildman–Crippen LogP) is 4.78. The first kappa shape index (κ1) is 17.3. The Hall–Kier alpha value is -2.49. The summed E-state index contributed by atoms with van der Waals surface area (Å²) in [6, 6.07) is 18.0. The lowest BCUT2D eigenvalue weighted by Gasteiger charge is -2.25. The Morgan fingerprint density at radius 1 is 1.04 bits per heavy atom. The van der Waals surface area contributed by atoms with E-state index < -0.39 is 5.60 Å². The Kier molecular flexibility index (Phi) is 4.71. The zero-order valence-corrected chi connectivity index (χ0v) is 15.0. The van der Waals surface area contributed by atoms with E-state index in [1.54, 1.807) is 0 Å². The fraction of sp³-hybridized carbons (Fsp3) is 0.381. The summed E-state index contributed by atoms with van der Waals surface area (Å²) in [5.41, 5.74) is 1.23. The van der Waals surface area contributed by atoms with Crippen molar-refractivity contribution in [1.82, 2.24) is 5.32 Å². The molecule has 0 aromatic heterocycles. The molecule has 0 bridgehead atoms. The molecule has 0 atom stereocenters. The highest BCUT2D eigenvalue weighted by atomic mass is 16.6. The number of benzene rings is 2. The van der Waals surface area contributed by atoms with Crippen LogP contribution in [0.5, 0.6) is 5.75 Å². The van der Waals surface area contributed by atoms with Gasteiger partial charge in [0.1, 0.15) is 18.0 Å². The molecular formula is C21H25NO3. The van der Waals surface area contributed by atoms with Crippen molar-refractivity contribution in [3.63, 3.8) is 0 Å². The highest BCUT2D eigenvalue weighted by Crippen LogP contribution is 2.49. The second kappa shape index (κ2) is 6.79. The summed E-state index contributed by atoms with van der Waals surface area (Å²) < 4.78 is 11.5. The maximum Gasteiger partial charge on any atom is 0.408 e. The van der Waals surface area contributed by atoms with Crippen molar-refractivity contribution in [3.05, 3.63) is 65.7 Å². The van der Waals surface area contributed by atoms with Crippen molar-refractivity contribution in [2.24, 2.45) is 0 Å². The normalized spacial score (nSPS) is 15.3. The number of carbonyl (C=O) groups is 1. The first-order valence-corrected chi connectivity index (χ1v) is 8.65. The molecule has 1 saturated carbocycles. The minimum Gasteiger partial charge on any atom is -0.489 e. The van der Waals surface area contributed by atoms with Crippen molar-refractivity contribution in [1.29, 1.82) is 0 Å². The van der Waals surface area contributed by atoms with Crippen LogP contribution in [0, 0.1) is 0 Å². The largest absolute Gasteiger partial charge is 0.489 e. The molecule has 0 saturated heterocycles. The topological polar surface area (TPSA) is 47.6 Å². The highest BCUT2D eigenvalue weighted by molar-refractivity contribution is 5.70. The molecule has 0 aliphatic heterocycles. The molecule has 0 unspecified atom stereocenters. The van der Waals surface area contributed by atoms with Crippen LogP contribution in [-0.4, -0.2) is 11.7 Å². The number of nitrogens with one attached hydrogen (secondary N) is 1. The molecule has 1 fully saturated rings. The predicted molar refractivity (Wildman–Crippen MR) is 97.5 cm³/mol. The molecule has 132 valence electrons. The fourth-order valence-electron chi connectivity index (χ4n) is 2.81. The van der Waals surface area contributed by atoms with Crippen molar-refractivity contribution >= 4 is 6.09 Å². The molecule has 2 aromatic carbocycles. The summed E-state index contributed by atoms with van der Waals surface area (Å²) in [5, 5.41) is 3.04. The van der Waals surface area contributed by atoms with E-state index in [4.69, 9.17) is 9.47 Å². The zero-order valence-electron chi connectivity index (χ0n) is 15.0. The quantitative estimate of drug-likeness (QED) is 0.853. The summed E-state index contributed by atoms with van der Waals surface area (Å²) >= 11 is 0. The average molecular weight is 339 g/mol. The van der Waals surface area contributed by atoms with Crippen LogP contribution in [0.2, 0.25) is 0 Å². The second-order valence-electron chi connectivity index (χ2n) is 7.48. The molecule has 25 heavy (non-hydrogen) atoms. The number of hydrogen-bond acceptors (Lipinski definition) is 3. The van der Waals surface area contributed by atoms with E-state index in [0.717, 1.165) is 29.7 Å². The van der Waals surface area contributed by atoms with Crippen LogP contribution in [-0.2, 0) is 16.9 Å². The molecule has 1 aliphatic carbocycles. The monoisotopic (exact) mass is 339 g/mol. The van der Waals surface area contributed by atoms with Gasteiger partial charge in [-0.05, 0) is 45.2 Å². The van der Waals surface area contributed by atoms with Gasteiger partial charge >= 0.3 is 6.09 Å². The Morgan fingerprint density at radius 3 is 2.32 bits per heavy atom. The Morgan fingerprint density at radius 2 is 1.68 bits per heavy atom. The summed E-state index contributed by atoms with van der Waals surface area (Å²) in [6.07, 6.45) is 1.39. The van der Waals surface area contributed by atoms with Gasteiger partial charge in [0, 0.05) is 5.56 Å². The first-order valence-electron chi connectivity index (χ1n) is 8.65. The van der Waals surface area contributed by atoms with E-state index in [1.165, 1.54) is 0 Å². The molecule has 4 nitrogen and oxygen atoms in total. The number of para-hydroxylation sites is 1. The number of amides is 1. The van der Waals surface area contributed by atoms with Crippen molar-refractivity contribution < 1.29 is 14.3 Å². The lowest BCUT2D eigenvalue weighted by Crippen LogP contribution is -2.39. The van der Waals surface area contributed by atoms with Crippen LogP contribution in [0.15, 0.2) is 54.6 Å². The molecular weight excluding hydrogens is 314 g/mol. The zero-order chi connectivity index (χ0) is 17.9. The van der Waals surface area contributed by atoms with E-state index in [2.05, 4.69) is 5.32 Å². The summed E-state index contributed by atoms with van der Waals surface area (Å²) in [6.45, 7) is 6.09. The second-order valence-corrected chi connectivity index (χ2v) is 7.48. The van der Waals surface area contributed by atoms with Gasteiger partial charge in [-0.3, -0.25) is 0 Å². The third-order valence-electron chi connectivity index (χ3n) is 4.13. The average Bonchev–Trinajstić information content (AvgIpc) is 3.33. The number of ether oxygens (including phenoxy) is 2. The van der Waals surface area contributed by atoms with E-state index in [9.17, 15) is 4.79 Å². The van der Waals surface area contributed by atoms with Crippen LogP contribution in [0.4, 0.5) is 4.79 Å². The summed E-state index contributed by atoms with van der Waals surface area (Å²) in [5.74, 6) is 0.805. The van der Waals surface area contributed by atoms with Crippen LogP contribution in [0.1, 0.15) is 44.7 Å². The number of rotatable bonds is 5. The van der Waals surface area contributed by atoms with Crippen molar-refractivity contribution in [2.45, 2.75) is 51.4 Å². The van der Waals surface area contributed by atoms with Crippen molar-refractivity contribution in [3.8, 4) is 5.75 Å². The van der Waals surface area contributed by atoms with Crippen LogP contribution in [0.25, 0.3) is 0 Å². The van der Waals surface area contributed by atoms with E-state index >= 15 is 0 Å². The van der Waals surface area contributed by atoms with Gasteiger partial charge in [0.15, 0.2) is 0 Å². The van der Waals surface area contributed by atoms with E-state index in [-0.39, 0.29) is 11.6 Å². The van der Waals surface area contributed by atoms with Gasteiger partial charge in [-0.25, -0.2) is 4.79 Å². The van der Waals surface area contributed by atoms with E-state index in [1.807, 2.05) is 75.4 Å². The molecule has 4 heteroatoms. The Labute approximate surface area is 149 Å². The highest BCUT2D eigenvalue weighted by Gasteiger charge is 2.48. The Bertz CT molecular complexity index is 730. The minimum atomic E-state index is -0.510. The maximum atomic E-state index is 12.2. The SMILES string of the molecule is CC(C)(C)OC(=O)NC1(c2ccccc2OCc2ccccc2)CC1. The molecule has 0 spiro atoms. The third-order valence-corrected chi connectivity index (χ3v) is 4.13. The third kappa shape index (κ3) is 4.53. The molecule has 1 N–H and O–H groups in total. The number of hydrogen-bond donors (Lipinski definition) is 1. The number of carbonyl (C=O) groups excluding carboxylic acids is 1. The number of alkyl carbamates (subject to hydrolysis) is 1. The van der Waals surface area contributed by atoms with Crippen LogP contribution < -0.4 is 10.1 Å². The van der Waals surface area contributed by atoms with Gasteiger partial charge in [-0.15, -0.1) is 0 Å². The molecule has 3 rings (SSSR count). The lowest BCUT2D eigenvalue weighted by molar-refractivity contribution is 0.0494. The molecule has 1 aliphatic rings. The van der Waals surface area contributed by atoms with Crippen LogP contribution in [0.3, 0.4) is 0 Å². The maximum absolute atomic E-state index is 12.2. The molecule has 1 amide bonds. The first-order chi connectivity index (χ1) is 11.9. The molecule has 0 radical (unpaired) electrons. The standard InChI is InChI=1S/C21H25NO3/c1-20(2,3)25-19(23)22-21(13-14-21)17-11-7-8-12-18(17)24-15-16-9-5-4-6-10-16/h4-12H,13-15H2,1-3H3,(H,22,23). The van der Waals surface area contributed by atoms with Crippen molar-refractivity contribution in [2.75, 3.05) is 0 Å². The minimum absolute atomic E-state index is 0.379. The lowest BCUT2D eigenvalue weighted by atomic mass is 10.0. The van der Waals surface area contributed by atoms with E-state index in [0.29, 0.717) is 6.61 Å². The summed E-state index contributed by atoms with van der Waals surface area (Å²) in [4.78, 5) is 12.2. The smallest absolute Gasteiger partial charge is 0.408 e. The van der Waals surface area contributed by atoms with Gasteiger partial charge in [-0.1, -0.05) is 48.5 Å². The van der Waals surface area contributed by atoms with Gasteiger partial charge in [0.2, 0.25) is 0 Å². The van der Waals surface area contributed by atoms with Gasteiger partial charge in [0.25, 0.3) is 0 Å².